The molecule has 1 unspecified atom stereocenters. The number of carbonyl (C=O) groups is 1. The first-order chi connectivity index (χ1) is 15.2. The van der Waals surface area contributed by atoms with Gasteiger partial charge in [0.05, 0.1) is 17.8 Å². The third-order valence-electron chi connectivity index (χ3n) is 5.19. The van der Waals surface area contributed by atoms with Crippen LogP contribution in [0, 0.1) is 0 Å². The molecule has 3 aromatic heterocycles. The Kier molecular flexibility index (Phi) is 6.48. The smallest absolute Gasteiger partial charge is 0.221 e. The van der Waals surface area contributed by atoms with Crippen molar-refractivity contribution in [2.45, 2.75) is 18.8 Å². The lowest BCUT2D eigenvalue weighted by Gasteiger charge is -2.20. The number of nitrogens with one attached hydrogen (secondary N) is 1. The Bertz CT molecular complexity index is 1180. The molecule has 0 aliphatic carbocycles. The summed E-state index contributed by atoms with van der Waals surface area (Å²) in [5.74, 6) is 0.425. The van der Waals surface area contributed by atoms with Gasteiger partial charge >= 0.3 is 0 Å². The van der Waals surface area contributed by atoms with Crippen molar-refractivity contribution in [1.29, 1.82) is 0 Å². The summed E-state index contributed by atoms with van der Waals surface area (Å²) >= 11 is 6.23. The largest absolute Gasteiger partial charge is 0.496 e. The second-order valence-corrected chi connectivity index (χ2v) is 7.61. The van der Waals surface area contributed by atoms with Gasteiger partial charge in [0.1, 0.15) is 11.4 Å². The third kappa shape index (κ3) is 4.86. The van der Waals surface area contributed by atoms with Crippen LogP contribution in [-0.4, -0.2) is 33.9 Å². The van der Waals surface area contributed by atoms with Crippen molar-refractivity contribution in [3.8, 4) is 5.75 Å². The Labute approximate surface area is 185 Å². The summed E-state index contributed by atoms with van der Waals surface area (Å²) in [6.45, 7) is 0.521. The number of methoxy groups -OCH3 is 1. The number of carbonyl (C=O) groups excluding carboxylic acids is 1. The molecule has 0 radical (unpaired) electrons. The number of imidazole rings is 1. The fourth-order valence-corrected chi connectivity index (χ4v) is 3.85. The Balaban J connectivity index is 1.59. The zero-order valence-electron chi connectivity index (χ0n) is 17.2. The average molecular weight is 435 g/mol. The summed E-state index contributed by atoms with van der Waals surface area (Å²) in [6.07, 6.45) is 6.30. The van der Waals surface area contributed by atoms with Gasteiger partial charge in [-0.3, -0.25) is 9.78 Å². The number of ether oxygens (including phenoxy) is 1. The highest BCUT2D eigenvalue weighted by atomic mass is 35.5. The highest BCUT2D eigenvalue weighted by Crippen LogP contribution is 2.35. The maximum Gasteiger partial charge on any atom is 0.221 e. The van der Waals surface area contributed by atoms with E-state index in [4.69, 9.17) is 16.3 Å². The Morgan fingerprint density at radius 2 is 1.97 bits per heavy atom. The number of rotatable bonds is 8. The minimum Gasteiger partial charge on any atom is -0.496 e. The number of amides is 1. The molecule has 0 saturated heterocycles. The van der Waals surface area contributed by atoms with E-state index in [9.17, 15) is 4.79 Å². The molecule has 158 valence electrons. The standard InChI is InChI=1S/C24H23ClN4O2/c1-31-22-8-3-2-7-19(22)20(21-15-28-23-10-9-17(25)16-29(21)23)14-24(30)27-13-11-18-6-4-5-12-26-18/h2-10,12,15-16,20H,11,13-14H2,1H3,(H,27,30). The van der Waals surface area contributed by atoms with Crippen molar-refractivity contribution in [2.24, 2.45) is 0 Å². The fraction of sp³-hybridized carbons (Fsp3) is 0.208. The van der Waals surface area contributed by atoms with Crippen molar-refractivity contribution in [2.75, 3.05) is 13.7 Å². The third-order valence-corrected chi connectivity index (χ3v) is 5.41. The Morgan fingerprint density at radius 3 is 2.77 bits per heavy atom. The molecule has 1 atom stereocenters. The summed E-state index contributed by atoms with van der Waals surface area (Å²) in [5, 5.41) is 3.62. The zero-order valence-corrected chi connectivity index (χ0v) is 17.9. The quantitative estimate of drug-likeness (QED) is 0.449. The van der Waals surface area contributed by atoms with Gasteiger partial charge in [0.25, 0.3) is 0 Å². The first-order valence-corrected chi connectivity index (χ1v) is 10.5. The van der Waals surface area contributed by atoms with Crippen molar-refractivity contribution in [1.82, 2.24) is 19.7 Å². The van der Waals surface area contributed by atoms with Crippen molar-refractivity contribution < 1.29 is 9.53 Å². The first-order valence-electron chi connectivity index (χ1n) is 10.1. The normalized spacial score (nSPS) is 11.9. The molecule has 7 heteroatoms. The molecule has 0 spiro atoms. The average Bonchev–Trinajstić information content (AvgIpc) is 3.21. The topological polar surface area (TPSA) is 68.5 Å². The lowest BCUT2D eigenvalue weighted by Crippen LogP contribution is -2.28. The van der Waals surface area contributed by atoms with Crippen LogP contribution < -0.4 is 10.1 Å². The molecule has 3 heterocycles. The molecule has 1 aromatic carbocycles. The van der Waals surface area contributed by atoms with Gasteiger partial charge in [0, 0.05) is 55.2 Å². The highest BCUT2D eigenvalue weighted by molar-refractivity contribution is 6.30. The minimum atomic E-state index is -0.250. The lowest BCUT2D eigenvalue weighted by atomic mass is 9.91. The Morgan fingerprint density at radius 1 is 1.13 bits per heavy atom. The maximum atomic E-state index is 12.9. The summed E-state index contributed by atoms with van der Waals surface area (Å²) in [6, 6.07) is 17.2. The number of hydrogen-bond acceptors (Lipinski definition) is 4. The maximum absolute atomic E-state index is 12.9. The van der Waals surface area contributed by atoms with E-state index < -0.39 is 0 Å². The van der Waals surface area contributed by atoms with Gasteiger partial charge in [-0.05, 0) is 30.3 Å². The Hall–Kier alpha value is -3.38. The summed E-state index contributed by atoms with van der Waals surface area (Å²) in [7, 11) is 1.63. The lowest BCUT2D eigenvalue weighted by molar-refractivity contribution is -0.121. The molecular weight excluding hydrogens is 412 g/mol. The predicted octanol–water partition coefficient (Wildman–Crippen LogP) is 4.27. The minimum absolute atomic E-state index is 0.0520. The van der Waals surface area contributed by atoms with Crippen molar-refractivity contribution in [3.05, 3.63) is 95.2 Å². The van der Waals surface area contributed by atoms with Crippen LogP contribution in [-0.2, 0) is 11.2 Å². The summed E-state index contributed by atoms with van der Waals surface area (Å²) in [5.41, 5.74) is 3.52. The van der Waals surface area contributed by atoms with E-state index in [-0.39, 0.29) is 18.2 Å². The van der Waals surface area contributed by atoms with Crippen LogP contribution in [0.3, 0.4) is 0 Å². The number of nitrogens with zero attached hydrogens (tertiary/aromatic N) is 3. The highest BCUT2D eigenvalue weighted by Gasteiger charge is 2.24. The van der Waals surface area contributed by atoms with E-state index in [0.717, 1.165) is 28.3 Å². The number of para-hydroxylation sites is 1. The molecule has 0 fully saturated rings. The summed E-state index contributed by atoms with van der Waals surface area (Å²) < 4.78 is 7.52. The van der Waals surface area contributed by atoms with Crippen LogP contribution in [0.4, 0.5) is 0 Å². The molecule has 0 bridgehead atoms. The van der Waals surface area contributed by atoms with Crippen molar-refractivity contribution in [3.63, 3.8) is 0 Å². The van der Waals surface area contributed by atoms with Gasteiger partial charge < -0.3 is 14.5 Å². The number of fused-ring (bicyclic) bond motifs is 1. The van der Waals surface area contributed by atoms with Crippen LogP contribution >= 0.6 is 11.6 Å². The van der Waals surface area contributed by atoms with Crippen LogP contribution in [0.2, 0.25) is 5.02 Å². The molecule has 6 nitrogen and oxygen atoms in total. The van der Waals surface area contributed by atoms with E-state index in [1.54, 1.807) is 25.6 Å². The summed E-state index contributed by atoms with van der Waals surface area (Å²) in [4.78, 5) is 21.7. The monoisotopic (exact) mass is 434 g/mol. The van der Waals surface area contributed by atoms with Gasteiger partial charge in [0.2, 0.25) is 5.91 Å². The van der Waals surface area contributed by atoms with E-state index in [0.29, 0.717) is 18.0 Å². The zero-order chi connectivity index (χ0) is 21.6. The second-order valence-electron chi connectivity index (χ2n) is 7.18. The molecule has 4 aromatic rings. The number of hydrogen-bond donors (Lipinski definition) is 1. The predicted molar refractivity (Wildman–Crippen MR) is 121 cm³/mol. The van der Waals surface area contributed by atoms with Gasteiger partial charge in [-0.2, -0.15) is 0 Å². The molecule has 0 aliphatic heterocycles. The molecule has 1 N–H and O–H groups in total. The molecule has 0 aliphatic rings. The molecule has 31 heavy (non-hydrogen) atoms. The van der Waals surface area contributed by atoms with E-state index in [1.165, 1.54) is 0 Å². The molecule has 0 saturated carbocycles. The van der Waals surface area contributed by atoms with Gasteiger partial charge in [-0.1, -0.05) is 35.9 Å². The van der Waals surface area contributed by atoms with Gasteiger partial charge in [-0.25, -0.2) is 4.98 Å². The van der Waals surface area contributed by atoms with E-state index >= 15 is 0 Å². The molecular formula is C24H23ClN4O2. The first kappa shape index (κ1) is 20.9. The number of benzene rings is 1. The fourth-order valence-electron chi connectivity index (χ4n) is 3.69. The van der Waals surface area contributed by atoms with Crippen molar-refractivity contribution >= 4 is 23.2 Å². The number of pyridine rings is 2. The van der Waals surface area contributed by atoms with E-state index in [1.807, 2.05) is 59.1 Å². The van der Waals surface area contributed by atoms with Gasteiger partial charge in [0.15, 0.2) is 0 Å². The van der Waals surface area contributed by atoms with Crippen LogP contribution in [0.1, 0.15) is 29.3 Å². The second kappa shape index (κ2) is 9.62. The van der Waals surface area contributed by atoms with Crippen LogP contribution in [0.5, 0.6) is 5.75 Å². The van der Waals surface area contributed by atoms with Crippen LogP contribution in [0.15, 0.2) is 73.2 Å². The number of halogens is 1. The van der Waals surface area contributed by atoms with E-state index in [2.05, 4.69) is 15.3 Å². The SMILES string of the molecule is COc1ccccc1C(CC(=O)NCCc1ccccn1)c1cnc2ccc(Cl)cn12. The number of aromatic nitrogens is 3. The van der Waals surface area contributed by atoms with Gasteiger partial charge in [-0.15, -0.1) is 0 Å². The molecule has 4 rings (SSSR count). The van der Waals surface area contributed by atoms with Crippen LogP contribution in [0.25, 0.3) is 5.65 Å². The molecule has 1 amide bonds.